The number of Topliss-reactive ketones (excluding diaryl/α,β-unsaturated/α-hetero) is 1. The Kier molecular flexibility index (Phi) is 9.94. The predicted octanol–water partition coefficient (Wildman–Crippen LogP) is 2.90. The Morgan fingerprint density at radius 3 is 2.24 bits per heavy atom. The lowest BCUT2D eigenvalue weighted by atomic mass is 10.0. The largest absolute Gasteiger partial charge is 0.461 e. The van der Waals surface area contributed by atoms with Crippen molar-refractivity contribution >= 4 is 23.6 Å². The molecule has 1 heterocycles. The first-order valence-corrected chi connectivity index (χ1v) is 13.3. The average Bonchev–Trinajstić information content (AvgIpc) is 3.44. The molecule has 0 radical (unpaired) electrons. The number of ketones is 1. The van der Waals surface area contributed by atoms with E-state index in [4.69, 9.17) is 9.47 Å². The molecule has 1 aliphatic heterocycles. The Balaban J connectivity index is 1.36. The van der Waals surface area contributed by atoms with Crippen molar-refractivity contribution < 1.29 is 33.0 Å². The second-order valence-electron chi connectivity index (χ2n) is 9.90. The lowest BCUT2D eigenvalue weighted by molar-refractivity contribution is -0.173. The summed E-state index contributed by atoms with van der Waals surface area (Å²) < 4.78 is 24.2. The molecule has 10 heteroatoms. The third kappa shape index (κ3) is 8.29. The van der Waals surface area contributed by atoms with E-state index in [-0.39, 0.29) is 43.4 Å². The van der Waals surface area contributed by atoms with E-state index >= 15 is 0 Å². The second kappa shape index (κ2) is 13.8. The lowest BCUT2D eigenvalue weighted by Gasteiger charge is -2.28. The van der Waals surface area contributed by atoms with Gasteiger partial charge >= 0.3 is 11.9 Å². The summed E-state index contributed by atoms with van der Waals surface area (Å²) in [4.78, 5) is 53.2. The highest BCUT2D eigenvalue weighted by Crippen LogP contribution is 2.26. The number of carbonyl (C=O) groups excluding carboxylic acids is 4. The lowest BCUT2D eigenvalue weighted by Crippen LogP contribution is -2.54. The third-order valence-corrected chi connectivity index (χ3v) is 6.60. The van der Waals surface area contributed by atoms with Gasteiger partial charge in [-0.15, -0.1) is 0 Å². The van der Waals surface area contributed by atoms with Gasteiger partial charge < -0.3 is 14.8 Å². The zero-order chi connectivity index (χ0) is 29.2. The molecular weight excluding hydrogens is 529 g/mol. The molecule has 1 unspecified atom stereocenters. The molecule has 3 aromatic carbocycles. The number of esters is 2. The molecule has 0 saturated carbocycles. The normalized spacial score (nSPS) is 17.0. The molecule has 2 atom stereocenters. The summed E-state index contributed by atoms with van der Waals surface area (Å²) >= 11 is 0. The van der Waals surface area contributed by atoms with Crippen LogP contribution in [0.3, 0.4) is 0 Å². The number of nitrogens with one attached hydrogen (secondary N) is 2. The number of nitrogens with zero attached hydrogens (tertiary/aromatic N) is 1. The van der Waals surface area contributed by atoms with Crippen molar-refractivity contribution in [3.8, 4) is 5.75 Å². The molecule has 2 N–H and O–H groups in total. The van der Waals surface area contributed by atoms with Gasteiger partial charge in [0.25, 0.3) is 11.6 Å². The van der Waals surface area contributed by atoms with Crippen LogP contribution in [0.4, 0.5) is 4.39 Å². The zero-order valence-corrected chi connectivity index (χ0v) is 22.7. The van der Waals surface area contributed by atoms with Crippen LogP contribution in [0.15, 0.2) is 84.9 Å². The molecule has 1 saturated heterocycles. The van der Waals surface area contributed by atoms with Crippen LogP contribution in [-0.4, -0.2) is 67.0 Å². The van der Waals surface area contributed by atoms with Crippen molar-refractivity contribution in [2.24, 2.45) is 0 Å². The number of ether oxygens (including phenoxy) is 2. The Bertz CT molecular complexity index is 1350. The van der Waals surface area contributed by atoms with Crippen molar-refractivity contribution in [3.05, 3.63) is 102 Å². The summed E-state index contributed by atoms with van der Waals surface area (Å²) in [6.07, 6.45) is 1.13. The number of rotatable bonds is 12. The number of halogens is 1. The molecule has 41 heavy (non-hydrogen) atoms. The Morgan fingerprint density at radius 2 is 1.61 bits per heavy atom. The summed E-state index contributed by atoms with van der Waals surface area (Å²) in [5, 5.41) is 5.75. The molecular formula is C31H32FN3O6. The molecule has 9 nitrogen and oxygen atoms in total. The van der Waals surface area contributed by atoms with Crippen molar-refractivity contribution in [2.75, 3.05) is 26.7 Å². The van der Waals surface area contributed by atoms with Crippen molar-refractivity contribution in [2.45, 2.75) is 31.0 Å². The monoisotopic (exact) mass is 561 g/mol. The maximum atomic E-state index is 13.3. The highest BCUT2D eigenvalue weighted by atomic mass is 19.1. The summed E-state index contributed by atoms with van der Waals surface area (Å²) in [6.45, 7) is -0.0590. The average molecular weight is 562 g/mol. The van der Waals surface area contributed by atoms with Crippen LogP contribution in [0.2, 0.25) is 0 Å². The SMILES string of the molecule is CN(CC(=O)OC(=O)[C@@]1(Oc2ccc(F)cc2)CCCN1)CC(=O)C(Cc1ccccc1)NC(=O)c1ccccc1. The minimum Gasteiger partial charge on any atom is -0.461 e. The van der Waals surface area contributed by atoms with Crippen molar-refractivity contribution in [1.29, 1.82) is 0 Å². The van der Waals surface area contributed by atoms with E-state index in [0.29, 0.717) is 18.5 Å². The molecule has 0 bridgehead atoms. The number of likely N-dealkylation sites (N-methyl/N-ethyl adjacent to an activating group) is 1. The summed E-state index contributed by atoms with van der Waals surface area (Å²) in [7, 11) is 1.54. The molecule has 0 spiro atoms. The minimum absolute atomic E-state index is 0.175. The number of hydrogen-bond donors (Lipinski definition) is 2. The van der Waals surface area contributed by atoms with E-state index < -0.39 is 29.5 Å². The molecule has 4 rings (SSSR count). The maximum absolute atomic E-state index is 13.3. The molecule has 0 aliphatic carbocycles. The second-order valence-corrected chi connectivity index (χ2v) is 9.90. The van der Waals surface area contributed by atoms with E-state index in [2.05, 4.69) is 10.6 Å². The van der Waals surface area contributed by atoms with Crippen LogP contribution in [0.5, 0.6) is 5.75 Å². The van der Waals surface area contributed by atoms with Gasteiger partial charge in [-0.1, -0.05) is 48.5 Å². The highest BCUT2D eigenvalue weighted by Gasteiger charge is 2.46. The van der Waals surface area contributed by atoms with E-state index in [9.17, 15) is 23.6 Å². The zero-order valence-electron chi connectivity index (χ0n) is 22.7. The van der Waals surface area contributed by atoms with Gasteiger partial charge in [0.15, 0.2) is 5.78 Å². The minimum atomic E-state index is -1.58. The first kappa shape index (κ1) is 29.6. The maximum Gasteiger partial charge on any atom is 0.374 e. The number of hydrogen-bond acceptors (Lipinski definition) is 8. The quantitative estimate of drug-likeness (QED) is 0.256. The summed E-state index contributed by atoms with van der Waals surface area (Å²) in [5.41, 5.74) is -0.293. The van der Waals surface area contributed by atoms with E-state index in [1.165, 1.54) is 29.2 Å². The first-order valence-electron chi connectivity index (χ1n) is 13.3. The first-order chi connectivity index (χ1) is 19.7. The van der Waals surface area contributed by atoms with Gasteiger partial charge in [-0.2, -0.15) is 0 Å². The fourth-order valence-electron chi connectivity index (χ4n) is 4.52. The van der Waals surface area contributed by atoms with Gasteiger partial charge in [0.2, 0.25) is 0 Å². The molecule has 0 aromatic heterocycles. The molecule has 1 aliphatic rings. The van der Waals surface area contributed by atoms with Crippen LogP contribution in [0, 0.1) is 5.82 Å². The molecule has 1 fully saturated rings. The number of amides is 1. The van der Waals surface area contributed by atoms with E-state index in [1.807, 2.05) is 30.3 Å². The Morgan fingerprint density at radius 1 is 0.951 bits per heavy atom. The van der Waals surface area contributed by atoms with Crippen molar-refractivity contribution in [3.63, 3.8) is 0 Å². The number of carbonyl (C=O) groups is 4. The summed E-state index contributed by atoms with van der Waals surface area (Å²) in [6, 6.07) is 22.2. The summed E-state index contributed by atoms with van der Waals surface area (Å²) in [5.74, 6) is -2.69. The standard InChI is InChI=1S/C31H32FN3O6/c1-35(21-28(37)40-30(39)31(17-8-18-33-31)41-25-15-13-24(32)14-16-25)20-27(36)26(19-22-9-4-2-5-10-22)34-29(38)23-11-6-3-7-12-23/h2-7,9-16,26,33H,8,17-21H2,1H3,(H,34,38)/t26?,31-/m0/s1. The van der Waals surface area contributed by atoms with Crippen molar-refractivity contribution in [1.82, 2.24) is 15.5 Å². The van der Waals surface area contributed by atoms with Gasteiger partial charge in [0.05, 0.1) is 19.1 Å². The van der Waals surface area contributed by atoms with Crippen LogP contribution < -0.4 is 15.4 Å². The van der Waals surface area contributed by atoms with Crippen LogP contribution >= 0.6 is 0 Å². The van der Waals surface area contributed by atoms with Gasteiger partial charge in [0, 0.05) is 12.0 Å². The van der Waals surface area contributed by atoms with Gasteiger partial charge in [-0.25, -0.2) is 9.18 Å². The topological polar surface area (TPSA) is 114 Å². The number of benzene rings is 3. The smallest absolute Gasteiger partial charge is 0.374 e. The molecule has 3 aromatic rings. The van der Waals surface area contributed by atoms with E-state index in [1.54, 1.807) is 37.4 Å². The fraction of sp³-hybridized carbons (Fsp3) is 0.290. The Hall–Kier alpha value is -4.41. The predicted molar refractivity (Wildman–Crippen MR) is 148 cm³/mol. The molecule has 1 amide bonds. The van der Waals surface area contributed by atoms with Gasteiger partial charge in [-0.05, 0) is 68.4 Å². The van der Waals surface area contributed by atoms with Crippen LogP contribution in [0.25, 0.3) is 0 Å². The Labute approximate surface area is 237 Å². The highest BCUT2D eigenvalue weighted by molar-refractivity contribution is 5.98. The van der Waals surface area contributed by atoms with Gasteiger partial charge in [0.1, 0.15) is 11.6 Å². The van der Waals surface area contributed by atoms with Crippen LogP contribution in [0.1, 0.15) is 28.8 Å². The van der Waals surface area contributed by atoms with Crippen LogP contribution in [-0.2, 0) is 25.5 Å². The fourth-order valence-corrected chi connectivity index (χ4v) is 4.52. The van der Waals surface area contributed by atoms with E-state index in [0.717, 1.165) is 5.56 Å². The van der Waals surface area contributed by atoms with Gasteiger partial charge in [-0.3, -0.25) is 24.6 Å². The third-order valence-electron chi connectivity index (χ3n) is 6.60. The molecule has 214 valence electrons.